The predicted octanol–water partition coefficient (Wildman–Crippen LogP) is 8.98. The SMILES string of the molecule is Cc1c2nc(c(C)c3ccc([nH]3)c(-c3ccc(/C(=C4\C=CC=N4)c4ccc[nH]4)cc3)c3nc(c(C)c4ccc1[nH]4)C=C3)C=C2. The first-order valence-corrected chi connectivity index (χ1v) is 14.8. The molecule has 212 valence electrons. The molecule has 7 heterocycles. The topological polar surface area (TPSA) is 85.5 Å². The maximum atomic E-state index is 5.17. The van der Waals surface area contributed by atoms with E-state index in [0.29, 0.717) is 0 Å². The summed E-state index contributed by atoms with van der Waals surface area (Å²) in [5.74, 6) is 0. The van der Waals surface area contributed by atoms with Gasteiger partial charge in [0.1, 0.15) is 0 Å². The van der Waals surface area contributed by atoms with E-state index in [4.69, 9.17) is 9.97 Å². The minimum atomic E-state index is 0.916. The second-order valence-corrected chi connectivity index (χ2v) is 11.3. The number of hydrogen-bond donors (Lipinski definition) is 3. The molecule has 3 aliphatic rings. The zero-order valence-electron chi connectivity index (χ0n) is 24.7. The van der Waals surface area contributed by atoms with Crippen LogP contribution < -0.4 is 0 Å². The van der Waals surface area contributed by atoms with Crippen molar-refractivity contribution in [2.45, 2.75) is 20.8 Å². The standard InChI is InChI=1S/C38H30N6/c1-22-27-12-14-29(41-27)23(2)31-16-18-35(43-31)38(36-19-17-32(44-36)24(3)30-15-13-28(22)42-30)26-10-8-25(9-11-26)37(33-6-4-20-39-33)34-7-5-21-40-34/h4-21,39,41,44H,1-3H3/b27-22?,28-22?,29-23?,30-24?,31-23?,32-24?,37-34-,38-35?,38-36?. The minimum absolute atomic E-state index is 0.916. The minimum Gasteiger partial charge on any atom is -0.361 e. The van der Waals surface area contributed by atoms with Crippen LogP contribution in [0.2, 0.25) is 0 Å². The van der Waals surface area contributed by atoms with Crippen LogP contribution >= 0.6 is 0 Å². The number of nitrogens with zero attached hydrogens (tertiary/aromatic N) is 3. The largest absolute Gasteiger partial charge is 0.361 e. The number of aryl methyl sites for hydroxylation is 3. The van der Waals surface area contributed by atoms with Crippen LogP contribution in [0, 0.1) is 20.8 Å². The molecule has 0 fully saturated rings. The summed E-state index contributed by atoms with van der Waals surface area (Å²) in [7, 11) is 0. The average molecular weight is 571 g/mol. The fraction of sp³-hybridized carbons (Fsp3) is 0.0789. The van der Waals surface area contributed by atoms with Crippen LogP contribution in [0.25, 0.3) is 63.1 Å². The summed E-state index contributed by atoms with van der Waals surface area (Å²) < 4.78 is 0. The molecule has 0 spiro atoms. The molecular weight excluding hydrogens is 540 g/mol. The highest BCUT2D eigenvalue weighted by Gasteiger charge is 2.16. The van der Waals surface area contributed by atoms with E-state index in [2.05, 4.69) is 120 Å². The van der Waals surface area contributed by atoms with Gasteiger partial charge in [-0.3, -0.25) is 4.99 Å². The number of fused-ring (bicyclic) bond motifs is 8. The molecule has 3 N–H and O–H groups in total. The van der Waals surface area contributed by atoms with Crippen LogP contribution in [0.5, 0.6) is 0 Å². The molecule has 3 aliphatic heterocycles. The maximum absolute atomic E-state index is 5.17. The second kappa shape index (κ2) is 10.2. The van der Waals surface area contributed by atoms with Gasteiger partial charge >= 0.3 is 0 Å². The molecular formula is C38H30N6. The Balaban J connectivity index is 1.38. The summed E-state index contributed by atoms with van der Waals surface area (Å²) in [6.07, 6.45) is 16.2. The first-order valence-electron chi connectivity index (χ1n) is 14.8. The molecule has 0 aliphatic carbocycles. The van der Waals surface area contributed by atoms with Crippen LogP contribution in [0.3, 0.4) is 0 Å². The summed E-state index contributed by atoms with van der Waals surface area (Å²) in [6.45, 7) is 6.35. The predicted molar refractivity (Wildman–Crippen MR) is 183 cm³/mol. The Hall–Kier alpha value is -5.75. The lowest BCUT2D eigenvalue weighted by Crippen LogP contribution is -1.93. The fourth-order valence-corrected chi connectivity index (χ4v) is 6.12. The van der Waals surface area contributed by atoms with E-state index in [1.54, 1.807) is 0 Å². The summed E-state index contributed by atoms with van der Waals surface area (Å²) in [5, 5.41) is 0. The Morgan fingerprint density at radius 3 is 1.73 bits per heavy atom. The molecule has 1 aromatic carbocycles. The van der Waals surface area contributed by atoms with Gasteiger partial charge in [0.15, 0.2) is 0 Å². The number of aromatic nitrogens is 5. The third kappa shape index (κ3) is 4.31. The highest BCUT2D eigenvalue weighted by Crippen LogP contribution is 2.34. The van der Waals surface area contributed by atoms with Gasteiger partial charge in [0, 0.05) is 51.3 Å². The van der Waals surface area contributed by atoms with Crippen LogP contribution in [0.1, 0.15) is 50.7 Å². The van der Waals surface area contributed by atoms with Gasteiger partial charge < -0.3 is 15.0 Å². The van der Waals surface area contributed by atoms with E-state index < -0.39 is 0 Å². The van der Waals surface area contributed by atoms with Gasteiger partial charge in [0.25, 0.3) is 0 Å². The Morgan fingerprint density at radius 1 is 0.591 bits per heavy atom. The molecule has 0 unspecified atom stereocenters. The summed E-state index contributed by atoms with van der Waals surface area (Å²) in [5.41, 5.74) is 17.5. The molecule has 0 saturated heterocycles. The van der Waals surface area contributed by atoms with Crippen molar-refractivity contribution in [2.24, 2.45) is 4.99 Å². The van der Waals surface area contributed by atoms with E-state index >= 15 is 0 Å². The van der Waals surface area contributed by atoms with Crippen LogP contribution in [-0.2, 0) is 0 Å². The van der Waals surface area contributed by atoms with Crippen LogP contribution in [0.15, 0.2) is 89.7 Å². The molecule has 0 radical (unpaired) electrons. The molecule has 8 bridgehead atoms. The lowest BCUT2D eigenvalue weighted by Gasteiger charge is -2.10. The highest BCUT2D eigenvalue weighted by molar-refractivity contribution is 5.93. The molecule has 6 heteroatoms. The lowest BCUT2D eigenvalue weighted by atomic mass is 9.96. The van der Waals surface area contributed by atoms with Gasteiger partial charge in [-0.2, -0.15) is 0 Å². The quantitative estimate of drug-likeness (QED) is 0.198. The summed E-state index contributed by atoms with van der Waals surface area (Å²) in [4.78, 5) is 25.4. The van der Waals surface area contributed by atoms with Crippen molar-refractivity contribution in [1.29, 1.82) is 0 Å². The molecule has 5 aromatic rings. The fourth-order valence-electron chi connectivity index (χ4n) is 6.12. The van der Waals surface area contributed by atoms with Crippen molar-refractivity contribution in [2.75, 3.05) is 0 Å². The third-order valence-corrected chi connectivity index (χ3v) is 8.68. The number of nitrogens with one attached hydrogen (secondary N) is 3. The van der Waals surface area contributed by atoms with Crippen molar-refractivity contribution in [3.63, 3.8) is 0 Å². The summed E-state index contributed by atoms with van der Waals surface area (Å²) in [6, 6.07) is 21.3. The van der Waals surface area contributed by atoms with Crippen molar-refractivity contribution < 1.29 is 0 Å². The lowest BCUT2D eigenvalue weighted by molar-refractivity contribution is 1.24. The Bertz CT molecular complexity index is 2270. The maximum Gasteiger partial charge on any atom is 0.0737 e. The van der Waals surface area contributed by atoms with Gasteiger partial charge in [-0.1, -0.05) is 24.3 Å². The normalized spacial score (nSPS) is 14.6. The Kier molecular flexibility index (Phi) is 6.01. The smallest absolute Gasteiger partial charge is 0.0737 e. The first kappa shape index (κ1) is 25.9. The number of hydrogen-bond acceptors (Lipinski definition) is 3. The van der Waals surface area contributed by atoms with E-state index in [-0.39, 0.29) is 0 Å². The highest BCUT2D eigenvalue weighted by atomic mass is 14.8. The van der Waals surface area contributed by atoms with Gasteiger partial charge in [0.05, 0.1) is 28.5 Å². The zero-order chi connectivity index (χ0) is 29.8. The Morgan fingerprint density at radius 2 is 1.16 bits per heavy atom. The summed E-state index contributed by atoms with van der Waals surface area (Å²) >= 11 is 0. The number of H-pyrrole nitrogens is 3. The number of benzene rings is 1. The third-order valence-electron chi connectivity index (χ3n) is 8.68. The van der Waals surface area contributed by atoms with Crippen molar-refractivity contribution >= 4 is 58.2 Å². The number of rotatable bonds is 3. The molecule has 6 nitrogen and oxygen atoms in total. The Labute approximate surface area is 255 Å². The van der Waals surface area contributed by atoms with Crippen molar-refractivity contribution in [1.82, 2.24) is 24.9 Å². The molecule has 0 atom stereocenters. The number of aromatic amines is 3. The van der Waals surface area contributed by atoms with Crippen LogP contribution in [-0.4, -0.2) is 31.1 Å². The first-order chi connectivity index (χ1) is 21.5. The average Bonchev–Trinajstić information content (AvgIpc) is 3.90. The molecule has 8 rings (SSSR count). The number of aliphatic imine (C=N–C) groups is 1. The van der Waals surface area contributed by atoms with Gasteiger partial charge in [-0.15, -0.1) is 0 Å². The molecule has 44 heavy (non-hydrogen) atoms. The molecule has 4 aromatic heterocycles. The van der Waals surface area contributed by atoms with E-state index in [9.17, 15) is 0 Å². The van der Waals surface area contributed by atoms with E-state index in [1.165, 1.54) is 0 Å². The van der Waals surface area contributed by atoms with E-state index in [1.807, 2.05) is 30.6 Å². The second-order valence-electron chi connectivity index (χ2n) is 11.3. The van der Waals surface area contributed by atoms with Crippen molar-refractivity contribution in [3.8, 4) is 11.1 Å². The molecule has 0 saturated carbocycles. The van der Waals surface area contributed by atoms with Gasteiger partial charge in [-0.05, 0) is 121 Å². The monoisotopic (exact) mass is 570 g/mol. The van der Waals surface area contributed by atoms with Gasteiger partial charge in [0.2, 0.25) is 0 Å². The zero-order valence-corrected chi connectivity index (χ0v) is 24.7. The van der Waals surface area contributed by atoms with Gasteiger partial charge in [-0.25, -0.2) is 9.97 Å². The van der Waals surface area contributed by atoms with E-state index in [0.717, 1.165) is 95.2 Å². The number of allylic oxidation sites excluding steroid dienone is 2. The van der Waals surface area contributed by atoms with Crippen molar-refractivity contribution in [3.05, 3.63) is 135 Å². The van der Waals surface area contributed by atoms with Crippen LogP contribution in [0.4, 0.5) is 0 Å². The molecule has 0 amide bonds.